The Morgan fingerprint density at radius 2 is 2.12 bits per heavy atom. The summed E-state index contributed by atoms with van der Waals surface area (Å²) >= 11 is 0. The number of benzene rings is 1. The van der Waals surface area contributed by atoms with E-state index in [0.717, 1.165) is 29.0 Å². The number of imidazole rings is 1. The Balaban J connectivity index is 1.63. The molecule has 0 unspecified atom stereocenters. The normalized spacial score (nSPS) is 12.2. The van der Waals surface area contributed by atoms with Crippen molar-refractivity contribution in [3.8, 4) is 0 Å². The van der Waals surface area contributed by atoms with Gasteiger partial charge in [0.1, 0.15) is 5.82 Å². The van der Waals surface area contributed by atoms with Crippen molar-refractivity contribution in [2.24, 2.45) is 0 Å². The van der Waals surface area contributed by atoms with Crippen molar-refractivity contribution in [3.63, 3.8) is 0 Å². The second kappa shape index (κ2) is 7.56. The number of urea groups is 1. The molecular weight excluding hydrogens is 326 g/mol. The van der Waals surface area contributed by atoms with E-state index in [9.17, 15) is 4.79 Å². The Labute approximate surface area is 153 Å². The number of carbonyl (C=O) groups is 1. The van der Waals surface area contributed by atoms with Crippen LogP contribution in [0.5, 0.6) is 0 Å². The first kappa shape index (κ1) is 17.9. The third kappa shape index (κ3) is 4.02. The Morgan fingerprint density at radius 1 is 1.31 bits per heavy atom. The van der Waals surface area contributed by atoms with Gasteiger partial charge in [-0.1, -0.05) is 19.1 Å². The summed E-state index contributed by atoms with van der Waals surface area (Å²) in [6.07, 6.45) is 2.82. The third-order valence-electron chi connectivity index (χ3n) is 4.45. The van der Waals surface area contributed by atoms with Crippen molar-refractivity contribution in [1.29, 1.82) is 0 Å². The summed E-state index contributed by atoms with van der Waals surface area (Å²) < 4.78 is 0. The van der Waals surface area contributed by atoms with E-state index in [4.69, 9.17) is 0 Å². The second-order valence-electron chi connectivity index (χ2n) is 6.68. The van der Waals surface area contributed by atoms with Crippen LogP contribution in [0.4, 0.5) is 4.79 Å². The molecule has 0 saturated heterocycles. The molecule has 136 valence electrons. The Bertz CT molecular complexity index is 900. The molecule has 0 bridgehead atoms. The molecule has 1 aromatic carbocycles. The Hall–Kier alpha value is -2.89. The zero-order chi connectivity index (χ0) is 18.7. The molecule has 0 radical (unpaired) electrons. The van der Waals surface area contributed by atoms with E-state index in [1.165, 1.54) is 11.1 Å². The number of H-pyrrole nitrogens is 1. The van der Waals surface area contributed by atoms with Crippen LogP contribution in [0.2, 0.25) is 0 Å². The molecule has 0 aliphatic rings. The van der Waals surface area contributed by atoms with E-state index in [-0.39, 0.29) is 12.1 Å². The number of rotatable bonds is 5. The smallest absolute Gasteiger partial charge is 0.318 e. The fraction of sp³-hybridized carbons (Fsp3) is 0.350. The fourth-order valence-electron chi connectivity index (χ4n) is 2.78. The van der Waals surface area contributed by atoms with Gasteiger partial charge in [-0.2, -0.15) is 0 Å². The van der Waals surface area contributed by atoms with E-state index in [1.54, 1.807) is 11.9 Å². The average molecular weight is 351 g/mol. The van der Waals surface area contributed by atoms with Crippen LogP contribution in [-0.4, -0.2) is 32.9 Å². The molecule has 0 saturated carbocycles. The van der Waals surface area contributed by atoms with Gasteiger partial charge < -0.3 is 15.2 Å². The first-order chi connectivity index (χ1) is 12.5. The van der Waals surface area contributed by atoms with Crippen molar-refractivity contribution < 1.29 is 4.79 Å². The number of carbonyl (C=O) groups excluding carboxylic acids is 1. The highest BCUT2D eigenvalue weighted by Crippen LogP contribution is 2.17. The monoisotopic (exact) mass is 351 g/mol. The van der Waals surface area contributed by atoms with Gasteiger partial charge in [-0.05, 0) is 49.6 Å². The fourth-order valence-corrected chi connectivity index (χ4v) is 2.78. The lowest BCUT2D eigenvalue weighted by atomic mass is 10.2. The minimum Gasteiger partial charge on any atom is -0.340 e. The summed E-state index contributed by atoms with van der Waals surface area (Å²) in [5.41, 5.74) is 5.11. The number of aromatic amines is 1. The molecule has 0 spiro atoms. The van der Waals surface area contributed by atoms with E-state index in [1.807, 2.05) is 44.3 Å². The van der Waals surface area contributed by atoms with Crippen LogP contribution in [0.3, 0.4) is 0 Å². The second-order valence-corrected chi connectivity index (χ2v) is 6.68. The van der Waals surface area contributed by atoms with Gasteiger partial charge in [0.25, 0.3) is 0 Å². The zero-order valence-electron chi connectivity index (χ0n) is 15.7. The van der Waals surface area contributed by atoms with Gasteiger partial charge in [0.15, 0.2) is 0 Å². The standard InChI is InChI=1S/C20H25N5O/c1-5-15-7-8-16(21-11-15)12-25(4)20(26)22-14(3)19-23-17-9-6-13(2)10-18(17)24-19/h6-11,14H,5,12H2,1-4H3,(H,22,26)(H,23,24)/t14-/m1/s1. The van der Waals surface area contributed by atoms with Gasteiger partial charge in [0.05, 0.1) is 29.3 Å². The number of fused-ring (bicyclic) bond motifs is 1. The van der Waals surface area contributed by atoms with Gasteiger partial charge >= 0.3 is 6.03 Å². The van der Waals surface area contributed by atoms with E-state index >= 15 is 0 Å². The highest BCUT2D eigenvalue weighted by Gasteiger charge is 2.16. The van der Waals surface area contributed by atoms with Crippen LogP contribution in [0.25, 0.3) is 11.0 Å². The Kier molecular flexibility index (Phi) is 5.21. The highest BCUT2D eigenvalue weighted by molar-refractivity contribution is 5.77. The summed E-state index contributed by atoms with van der Waals surface area (Å²) in [6, 6.07) is 9.71. The first-order valence-corrected chi connectivity index (χ1v) is 8.88. The number of hydrogen-bond donors (Lipinski definition) is 2. The van der Waals surface area contributed by atoms with Crippen molar-refractivity contribution in [1.82, 2.24) is 25.2 Å². The van der Waals surface area contributed by atoms with Gasteiger partial charge in [0.2, 0.25) is 0 Å². The average Bonchev–Trinajstić information content (AvgIpc) is 3.05. The molecule has 3 rings (SSSR count). The largest absolute Gasteiger partial charge is 0.340 e. The van der Waals surface area contributed by atoms with Crippen molar-refractivity contribution in [2.45, 2.75) is 39.8 Å². The maximum absolute atomic E-state index is 12.5. The summed E-state index contributed by atoms with van der Waals surface area (Å²) in [6.45, 7) is 6.52. The van der Waals surface area contributed by atoms with Crippen molar-refractivity contribution >= 4 is 17.1 Å². The van der Waals surface area contributed by atoms with Crippen LogP contribution in [0.15, 0.2) is 36.5 Å². The number of aryl methyl sites for hydroxylation is 2. The van der Waals surface area contributed by atoms with Crippen LogP contribution in [0.1, 0.15) is 42.5 Å². The molecule has 1 atom stereocenters. The van der Waals surface area contributed by atoms with Crippen molar-refractivity contribution in [2.75, 3.05) is 7.05 Å². The van der Waals surface area contributed by atoms with Crippen LogP contribution in [0, 0.1) is 6.92 Å². The molecule has 26 heavy (non-hydrogen) atoms. The maximum Gasteiger partial charge on any atom is 0.318 e. The minimum absolute atomic E-state index is 0.157. The van der Waals surface area contributed by atoms with Gasteiger partial charge in [-0.15, -0.1) is 0 Å². The lowest BCUT2D eigenvalue weighted by molar-refractivity contribution is 0.202. The van der Waals surface area contributed by atoms with Gasteiger partial charge in [-0.3, -0.25) is 4.98 Å². The molecule has 6 nitrogen and oxygen atoms in total. The summed E-state index contributed by atoms with van der Waals surface area (Å²) in [7, 11) is 1.76. The van der Waals surface area contributed by atoms with Gasteiger partial charge in [0, 0.05) is 13.2 Å². The number of nitrogens with zero attached hydrogens (tertiary/aromatic N) is 3. The predicted molar refractivity (Wildman–Crippen MR) is 103 cm³/mol. The van der Waals surface area contributed by atoms with Crippen LogP contribution >= 0.6 is 0 Å². The number of hydrogen-bond acceptors (Lipinski definition) is 3. The lowest BCUT2D eigenvalue weighted by Crippen LogP contribution is -2.38. The first-order valence-electron chi connectivity index (χ1n) is 8.88. The summed E-state index contributed by atoms with van der Waals surface area (Å²) in [5.74, 6) is 0.748. The van der Waals surface area contributed by atoms with Crippen LogP contribution < -0.4 is 5.32 Å². The molecule has 3 aromatic rings. The molecule has 0 aliphatic carbocycles. The molecule has 6 heteroatoms. The van der Waals surface area contributed by atoms with E-state index in [2.05, 4.69) is 33.3 Å². The molecule has 2 N–H and O–H groups in total. The molecule has 2 aromatic heterocycles. The minimum atomic E-state index is -0.215. The lowest BCUT2D eigenvalue weighted by Gasteiger charge is -2.20. The topological polar surface area (TPSA) is 73.9 Å². The zero-order valence-corrected chi connectivity index (χ0v) is 15.7. The third-order valence-corrected chi connectivity index (χ3v) is 4.45. The summed E-state index contributed by atoms with van der Waals surface area (Å²) in [5, 5.41) is 2.98. The number of pyridine rings is 1. The summed E-state index contributed by atoms with van der Waals surface area (Å²) in [4.78, 5) is 26.4. The number of aromatic nitrogens is 3. The predicted octanol–water partition coefficient (Wildman–Crippen LogP) is 3.73. The maximum atomic E-state index is 12.5. The van der Waals surface area contributed by atoms with E-state index < -0.39 is 0 Å². The van der Waals surface area contributed by atoms with Gasteiger partial charge in [-0.25, -0.2) is 9.78 Å². The van der Waals surface area contributed by atoms with E-state index in [0.29, 0.717) is 6.54 Å². The number of nitrogens with one attached hydrogen (secondary N) is 2. The quantitative estimate of drug-likeness (QED) is 0.735. The SMILES string of the molecule is CCc1ccc(CN(C)C(=O)N[C@H](C)c2nc3ccc(C)cc3[nH]2)nc1. The molecule has 2 heterocycles. The van der Waals surface area contributed by atoms with Crippen LogP contribution in [-0.2, 0) is 13.0 Å². The highest BCUT2D eigenvalue weighted by atomic mass is 16.2. The number of amides is 2. The molecule has 0 aliphatic heterocycles. The Morgan fingerprint density at radius 3 is 2.81 bits per heavy atom. The molecule has 0 fully saturated rings. The molecule has 2 amide bonds. The van der Waals surface area contributed by atoms with Crippen molar-refractivity contribution in [3.05, 3.63) is 59.2 Å². The molecular formula is C20H25N5O.